The largest absolute Gasteiger partial charge is 0.381 e. The van der Waals surface area contributed by atoms with Crippen molar-refractivity contribution in [3.05, 3.63) is 35.4 Å². The highest BCUT2D eigenvalue weighted by molar-refractivity contribution is 5.80. The van der Waals surface area contributed by atoms with Gasteiger partial charge in [0, 0.05) is 58.7 Å². The number of nitrogens with zero attached hydrogens (tertiary/aromatic N) is 3. The van der Waals surface area contributed by atoms with Gasteiger partial charge in [0.15, 0.2) is 5.96 Å². The number of hydrogen-bond donors (Lipinski definition) is 1. The smallest absolute Gasteiger partial charge is 0.222 e. The lowest BCUT2D eigenvalue weighted by atomic mass is 9.99. The third-order valence-corrected chi connectivity index (χ3v) is 5.69. The minimum atomic E-state index is 0.254. The van der Waals surface area contributed by atoms with Crippen molar-refractivity contribution in [1.29, 1.82) is 0 Å². The molecular formula is C22H34N4O2. The van der Waals surface area contributed by atoms with E-state index in [2.05, 4.69) is 39.5 Å². The molecule has 154 valence electrons. The highest BCUT2D eigenvalue weighted by Crippen LogP contribution is 2.19. The Labute approximate surface area is 168 Å². The molecule has 0 bridgehead atoms. The van der Waals surface area contributed by atoms with E-state index in [0.29, 0.717) is 12.3 Å². The fraction of sp³-hybridized carbons (Fsp3) is 0.636. The zero-order valence-corrected chi connectivity index (χ0v) is 17.3. The Morgan fingerprint density at radius 2 is 2.07 bits per heavy atom. The van der Waals surface area contributed by atoms with Crippen molar-refractivity contribution < 1.29 is 9.53 Å². The first-order valence-electron chi connectivity index (χ1n) is 10.6. The fourth-order valence-corrected chi connectivity index (χ4v) is 4.08. The van der Waals surface area contributed by atoms with Crippen LogP contribution in [0.1, 0.15) is 37.3 Å². The maximum absolute atomic E-state index is 12.6. The lowest BCUT2D eigenvalue weighted by Crippen LogP contribution is -2.41. The lowest BCUT2D eigenvalue weighted by Gasteiger charge is -2.29. The van der Waals surface area contributed by atoms with Crippen molar-refractivity contribution in [3.8, 4) is 0 Å². The SMILES string of the molecule is CCOCC1CCN(C(=NC)NCCCC(=O)N2CCc3ccccc3C2)C1. The number of hydrogen-bond acceptors (Lipinski definition) is 3. The van der Waals surface area contributed by atoms with E-state index in [-0.39, 0.29) is 5.91 Å². The van der Waals surface area contributed by atoms with Gasteiger partial charge in [-0.15, -0.1) is 0 Å². The normalized spacial score (nSPS) is 19.6. The van der Waals surface area contributed by atoms with Gasteiger partial charge < -0.3 is 19.9 Å². The molecule has 6 heteroatoms. The third kappa shape index (κ3) is 5.47. The zero-order valence-electron chi connectivity index (χ0n) is 17.3. The van der Waals surface area contributed by atoms with Crippen molar-refractivity contribution in [2.45, 2.75) is 39.2 Å². The number of amides is 1. The van der Waals surface area contributed by atoms with Gasteiger partial charge in [-0.25, -0.2) is 0 Å². The standard InChI is InChI=1S/C22H34N4O2/c1-3-28-17-18-10-13-26(15-18)22(23-2)24-12-6-9-21(27)25-14-11-19-7-4-5-8-20(19)16-25/h4-5,7-8,18H,3,6,9-17H2,1-2H3,(H,23,24). The quantitative estimate of drug-likeness (QED) is 0.444. The summed E-state index contributed by atoms with van der Waals surface area (Å²) < 4.78 is 5.55. The van der Waals surface area contributed by atoms with Gasteiger partial charge in [-0.3, -0.25) is 9.79 Å². The molecule has 2 aliphatic heterocycles. The summed E-state index contributed by atoms with van der Waals surface area (Å²) in [4.78, 5) is 21.3. The average molecular weight is 387 g/mol. The summed E-state index contributed by atoms with van der Waals surface area (Å²) in [7, 11) is 1.83. The van der Waals surface area contributed by atoms with Crippen molar-refractivity contribution in [1.82, 2.24) is 15.1 Å². The Kier molecular flexibility index (Phi) is 7.71. The first-order chi connectivity index (χ1) is 13.7. The second-order valence-electron chi connectivity index (χ2n) is 7.67. The molecule has 0 saturated carbocycles. The number of carbonyl (C=O) groups is 1. The molecule has 2 heterocycles. The summed E-state index contributed by atoms with van der Waals surface area (Å²) in [6.07, 6.45) is 3.52. The van der Waals surface area contributed by atoms with Crippen LogP contribution in [0.3, 0.4) is 0 Å². The first kappa shape index (κ1) is 20.6. The molecule has 1 unspecified atom stereocenters. The second-order valence-corrected chi connectivity index (χ2v) is 7.67. The third-order valence-electron chi connectivity index (χ3n) is 5.69. The van der Waals surface area contributed by atoms with Gasteiger partial charge in [0.2, 0.25) is 5.91 Å². The molecular weight excluding hydrogens is 352 g/mol. The molecule has 1 atom stereocenters. The zero-order chi connectivity index (χ0) is 19.8. The molecule has 1 amide bonds. The Bertz CT molecular complexity index is 676. The Morgan fingerprint density at radius 1 is 1.25 bits per heavy atom. The molecule has 28 heavy (non-hydrogen) atoms. The molecule has 0 radical (unpaired) electrons. The van der Waals surface area contributed by atoms with Crippen LogP contribution in [-0.4, -0.2) is 68.1 Å². The molecule has 0 aliphatic carbocycles. The fourth-order valence-electron chi connectivity index (χ4n) is 4.08. The van der Waals surface area contributed by atoms with Crippen LogP contribution in [-0.2, 0) is 22.5 Å². The minimum Gasteiger partial charge on any atom is -0.381 e. The number of ether oxygens (including phenoxy) is 1. The van der Waals surface area contributed by atoms with E-state index in [1.165, 1.54) is 11.1 Å². The van der Waals surface area contributed by atoms with Crippen LogP contribution >= 0.6 is 0 Å². The minimum absolute atomic E-state index is 0.254. The Hall–Kier alpha value is -2.08. The van der Waals surface area contributed by atoms with Gasteiger partial charge in [-0.1, -0.05) is 24.3 Å². The van der Waals surface area contributed by atoms with Gasteiger partial charge in [0.1, 0.15) is 0 Å². The molecule has 3 rings (SSSR count). The molecule has 1 aromatic carbocycles. The Balaban J connectivity index is 1.36. The maximum Gasteiger partial charge on any atom is 0.222 e. The van der Waals surface area contributed by atoms with E-state index in [9.17, 15) is 4.79 Å². The number of benzene rings is 1. The van der Waals surface area contributed by atoms with E-state index in [1.807, 2.05) is 18.9 Å². The number of guanidine groups is 1. The van der Waals surface area contributed by atoms with E-state index >= 15 is 0 Å². The van der Waals surface area contributed by atoms with Crippen LogP contribution in [0.2, 0.25) is 0 Å². The van der Waals surface area contributed by atoms with Crippen molar-refractivity contribution in [2.75, 3.05) is 46.4 Å². The number of likely N-dealkylation sites (tertiary alicyclic amines) is 1. The lowest BCUT2D eigenvalue weighted by molar-refractivity contribution is -0.132. The number of nitrogens with one attached hydrogen (secondary N) is 1. The monoisotopic (exact) mass is 386 g/mol. The second kappa shape index (κ2) is 10.5. The van der Waals surface area contributed by atoms with Gasteiger partial charge >= 0.3 is 0 Å². The van der Waals surface area contributed by atoms with Crippen LogP contribution in [0, 0.1) is 5.92 Å². The molecule has 0 spiro atoms. The number of fused-ring (bicyclic) bond motifs is 1. The van der Waals surface area contributed by atoms with E-state index in [4.69, 9.17) is 4.74 Å². The Morgan fingerprint density at radius 3 is 2.86 bits per heavy atom. The molecule has 1 saturated heterocycles. The predicted octanol–water partition coefficient (Wildman–Crippen LogP) is 2.29. The molecule has 1 N–H and O–H groups in total. The van der Waals surface area contributed by atoms with Crippen LogP contribution in [0.25, 0.3) is 0 Å². The molecule has 6 nitrogen and oxygen atoms in total. The summed E-state index contributed by atoms with van der Waals surface area (Å²) in [6, 6.07) is 8.44. The maximum atomic E-state index is 12.6. The molecule has 2 aliphatic rings. The van der Waals surface area contributed by atoms with Crippen LogP contribution in [0.5, 0.6) is 0 Å². The van der Waals surface area contributed by atoms with E-state index in [1.54, 1.807) is 0 Å². The van der Waals surface area contributed by atoms with Gasteiger partial charge in [0.05, 0.1) is 6.61 Å². The average Bonchev–Trinajstić information content (AvgIpc) is 3.20. The number of carbonyl (C=O) groups excluding carboxylic acids is 1. The topological polar surface area (TPSA) is 57.2 Å². The summed E-state index contributed by atoms with van der Waals surface area (Å²) in [6.45, 7) is 8.01. The molecule has 0 aromatic heterocycles. The number of aliphatic imine (C=N–C) groups is 1. The summed E-state index contributed by atoms with van der Waals surface area (Å²) in [5, 5.41) is 3.43. The van der Waals surface area contributed by atoms with Gasteiger partial charge in [-0.2, -0.15) is 0 Å². The van der Waals surface area contributed by atoms with E-state index in [0.717, 1.165) is 71.2 Å². The van der Waals surface area contributed by atoms with Crippen molar-refractivity contribution >= 4 is 11.9 Å². The van der Waals surface area contributed by atoms with Gasteiger partial charge in [0.25, 0.3) is 0 Å². The summed E-state index contributed by atoms with van der Waals surface area (Å²) >= 11 is 0. The van der Waals surface area contributed by atoms with Crippen molar-refractivity contribution in [2.24, 2.45) is 10.9 Å². The molecule has 1 aromatic rings. The highest BCUT2D eigenvalue weighted by Gasteiger charge is 2.25. The van der Waals surface area contributed by atoms with Crippen LogP contribution in [0.15, 0.2) is 29.3 Å². The van der Waals surface area contributed by atoms with Gasteiger partial charge in [-0.05, 0) is 37.3 Å². The van der Waals surface area contributed by atoms with E-state index < -0.39 is 0 Å². The summed E-state index contributed by atoms with van der Waals surface area (Å²) in [5.41, 5.74) is 2.67. The van der Waals surface area contributed by atoms with Crippen LogP contribution < -0.4 is 5.32 Å². The first-order valence-corrected chi connectivity index (χ1v) is 10.6. The van der Waals surface area contributed by atoms with Crippen LogP contribution in [0.4, 0.5) is 0 Å². The predicted molar refractivity (Wildman–Crippen MR) is 112 cm³/mol. The number of rotatable bonds is 7. The highest BCUT2D eigenvalue weighted by atomic mass is 16.5. The molecule has 1 fully saturated rings. The summed E-state index contributed by atoms with van der Waals surface area (Å²) in [5.74, 6) is 1.78. The van der Waals surface area contributed by atoms with Crippen molar-refractivity contribution in [3.63, 3.8) is 0 Å².